The normalized spacial score (nSPS) is 27.8. The van der Waals surface area contributed by atoms with E-state index in [1.165, 1.54) is 0 Å². The fourth-order valence-electron chi connectivity index (χ4n) is 2.92. The van der Waals surface area contributed by atoms with E-state index in [2.05, 4.69) is 37.7 Å². The van der Waals surface area contributed by atoms with Gasteiger partial charge in [0, 0.05) is 18.5 Å². The highest BCUT2D eigenvalue weighted by Gasteiger charge is 2.49. The van der Waals surface area contributed by atoms with Gasteiger partial charge in [-0.1, -0.05) is 27.7 Å². The summed E-state index contributed by atoms with van der Waals surface area (Å²) in [5.41, 5.74) is 2.08. The molecule has 0 saturated heterocycles. The van der Waals surface area contributed by atoms with Gasteiger partial charge < -0.3 is 0 Å². The molecule has 3 rings (SSSR count). The van der Waals surface area contributed by atoms with Crippen LogP contribution in [0.3, 0.4) is 0 Å². The second kappa shape index (κ2) is 3.40. The minimum absolute atomic E-state index is 0.0365. The summed E-state index contributed by atoms with van der Waals surface area (Å²) in [6.07, 6.45) is 4.40. The number of fused-ring (bicyclic) bond motifs is 1. The van der Waals surface area contributed by atoms with Crippen LogP contribution in [0.5, 0.6) is 0 Å². The molecule has 0 amide bonds. The van der Waals surface area contributed by atoms with E-state index < -0.39 is 0 Å². The van der Waals surface area contributed by atoms with Crippen molar-refractivity contribution in [1.82, 2.24) is 9.97 Å². The summed E-state index contributed by atoms with van der Waals surface area (Å²) in [5.74, 6) is 1.61. The molecule has 0 aromatic carbocycles. The van der Waals surface area contributed by atoms with Crippen LogP contribution in [0.25, 0.3) is 0 Å². The average molecular weight is 244 g/mol. The number of nitrogens with zero attached hydrogens (tertiary/aromatic N) is 2. The summed E-state index contributed by atoms with van der Waals surface area (Å²) in [7, 11) is 0. The van der Waals surface area contributed by atoms with Gasteiger partial charge in [-0.05, 0) is 23.7 Å². The molecule has 3 nitrogen and oxygen atoms in total. The molecule has 0 spiro atoms. The number of rotatable bonds is 1. The lowest BCUT2D eigenvalue weighted by atomic mass is 9.76. The first-order valence-corrected chi connectivity index (χ1v) is 6.68. The number of ketones is 1. The lowest BCUT2D eigenvalue weighted by molar-refractivity contribution is 0.0909. The van der Waals surface area contributed by atoms with E-state index >= 15 is 0 Å². The van der Waals surface area contributed by atoms with Gasteiger partial charge in [-0.3, -0.25) is 4.79 Å². The number of hydrogen-bond donors (Lipinski definition) is 0. The zero-order chi connectivity index (χ0) is 13.1. The minimum Gasteiger partial charge on any atom is -0.294 e. The SMILES string of the molecule is CC1(C)CC(=O)c2cnc(C3CC3(C)C)nc2C1. The summed E-state index contributed by atoms with van der Waals surface area (Å²) in [5, 5.41) is 0. The van der Waals surface area contributed by atoms with Crippen LogP contribution >= 0.6 is 0 Å². The van der Waals surface area contributed by atoms with Crippen LogP contribution in [-0.4, -0.2) is 15.8 Å². The monoisotopic (exact) mass is 244 g/mol. The van der Waals surface area contributed by atoms with Crippen molar-refractivity contribution < 1.29 is 4.79 Å². The molecule has 0 N–H and O–H groups in total. The Morgan fingerprint density at radius 2 is 1.89 bits per heavy atom. The van der Waals surface area contributed by atoms with Crippen LogP contribution in [-0.2, 0) is 6.42 Å². The summed E-state index contributed by atoms with van der Waals surface area (Å²) in [4.78, 5) is 21.1. The third-order valence-corrected chi connectivity index (χ3v) is 4.30. The first kappa shape index (κ1) is 11.8. The molecule has 1 aromatic rings. The average Bonchev–Trinajstić information content (AvgIpc) is 2.85. The number of hydrogen-bond acceptors (Lipinski definition) is 3. The molecule has 1 atom stereocenters. The predicted molar refractivity (Wildman–Crippen MR) is 69.6 cm³/mol. The lowest BCUT2D eigenvalue weighted by Gasteiger charge is -2.29. The largest absolute Gasteiger partial charge is 0.294 e. The summed E-state index contributed by atoms with van der Waals surface area (Å²) in [6, 6.07) is 0. The van der Waals surface area contributed by atoms with Gasteiger partial charge in [0.2, 0.25) is 0 Å². The molecule has 0 bridgehead atoms. The van der Waals surface area contributed by atoms with Crippen molar-refractivity contribution in [2.75, 3.05) is 0 Å². The Balaban J connectivity index is 1.98. The molecule has 2 aliphatic rings. The lowest BCUT2D eigenvalue weighted by Crippen LogP contribution is -2.28. The third-order valence-electron chi connectivity index (χ3n) is 4.30. The zero-order valence-corrected chi connectivity index (χ0v) is 11.6. The smallest absolute Gasteiger partial charge is 0.166 e. The molecular formula is C15H20N2O. The molecule has 0 aliphatic heterocycles. The number of carbonyl (C=O) groups is 1. The molecule has 1 saturated carbocycles. The summed E-state index contributed by atoms with van der Waals surface area (Å²) in [6.45, 7) is 8.76. The van der Waals surface area contributed by atoms with Crippen molar-refractivity contribution in [3.63, 3.8) is 0 Å². The van der Waals surface area contributed by atoms with Gasteiger partial charge in [0.05, 0.1) is 11.3 Å². The maximum Gasteiger partial charge on any atom is 0.166 e. The maximum absolute atomic E-state index is 12.0. The van der Waals surface area contributed by atoms with Crippen LogP contribution in [0.4, 0.5) is 0 Å². The van der Waals surface area contributed by atoms with Gasteiger partial charge >= 0.3 is 0 Å². The minimum atomic E-state index is 0.0365. The van der Waals surface area contributed by atoms with Crippen molar-refractivity contribution in [2.24, 2.45) is 10.8 Å². The Bertz CT molecular complexity index is 531. The Morgan fingerprint density at radius 3 is 2.50 bits per heavy atom. The van der Waals surface area contributed by atoms with Crippen molar-refractivity contribution in [3.8, 4) is 0 Å². The zero-order valence-electron chi connectivity index (χ0n) is 11.6. The standard InChI is InChI=1S/C15H20N2O/c1-14(2)6-11-9(12(18)7-14)8-16-13(17-11)10-5-15(10,3)4/h8,10H,5-7H2,1-4H3. The third kappa shape index (κ3) is 1.86. The van der Waals surface area contributed by atoms with Crippen LogP contribution in [0.1, 0.15) is 68.3 Å². The highest BCUT2D eigenvalue weighted by molar-refractivity contribution is 5.98. The van der Waals surface area contributed by atoms with Crippen LogP contribution < -0.4 is 0 Å². The Labute approximate surface area is 108 Å². The van der Waals surface area contributed by atoms with Gasteiger partial charge in [0.25, 0.3) is 0 Å². The van der Waals surface area contributed by atoms with Crippen LogP contribution in [0.2, 0.25) is 0 Å². The van der Waals surface area contributed by atoms with E-state index in [1.807, 2.05) is 0 Å². The quantitative estimate of drug-likeness (QED) is 0.762. The second-order valence-corrected chi connectivity index (χ2v) is 7.27. The molecule has 18 heavy (non-hydrogen) atoms. The molecule has 1 heterocycles. The van der Waals surface area contributed by atoms with Gasteiger partial charge in [0.1, 0.15) is 5.82 Å². The van der Waals surface area contributed by atoms with Gasteiger partial charge in [0.15, 0.2) is 5.78 Å². The van der Waals surface area contributed by atoms with Gasteiger partial charge in [-0.15, -0.1) is 0 Å². The van der Waals surface area contributed by atoms with Crippen molar-refractivity contribution >= 4 is 5.78 Å². The molecule has 1 fully saturated rings. The first-order chi connectivity index (χ1) is 8.28. The number of carbonyl (C=O) groups excluding carboxylic acids is 1. The fraction of sp³-hybridized carbons (Fsp3) is 0.667. The van der Waals surface area contributed by atoms with Crippen LogP contribution in [0, 0.1) is 10.8 Å². The summed E-state index contributed by atoms with van der Waals surface area (Å²) < 4.78 is 0. The summed E-state index contributed by atoms with van der Waals surface area (Å²) >= 11 is 0. The van der Waals surface area contributed by atoms with E-state index in [9.17, 15) is 4.79 Å². The molecule has 0 radical (unpaired) electrons. The molecule has 1 unspecified atom stereocenters. The second-order valence-electron chi connectivity index (χ2n) is 7.27. The Hall–Kier alpha value is -1.25. The van der Waals surface area contributed by atoms with Gasteiger partial charge in [-0.25, -0.2) is 9.97 Å². The van der Waals surface area contributed by atoms with E-state index in [4.69, 9.17) is 0 Å². The van der Waals surface area contributed by atoms with E-state index in [-0.39, 0.29) is 11.2 Å². The molecular weight excluding hydrogens is 224 g/mol. The Morgan fingerprint density at radius 1 is 1.22 bits per heavy atom. The van der Waals surface area contributed by atoms with Crippen molar-refractivity contribution in [3.05, 3.63) is 23.3 Å². The molecule has 2 aliphatic carbocycles. The highest BCUT2D eigenvalue weighted by Crippen LogP contribution is 2.57. The highest BCUT2D eigenvalue weighted by atomic mass is 16.1. The van der Waals surface area contributed by atoms with E-state index in [0.29, 0.717) is 17.8 Å². The number of aromatic nitrogens is 2. The predicted octanol–water partition coefficient (Wildman–Crippen LogP) is 3.15. The Kier molecular flexibility index (Phi) is 2.23. The topological polar surface area (TPSA) is 42.9 Å². The first-order valence-electron chi connectivity index (χ1n) is 6.68. The molecule has 3 heteroatoms. The maximum atomic E-state index is 12.0. The van der Waals surface area contributed by atoms with E-state index in [0.717, 1.165) is 29.9 Å². The van der Waals surface area contributed by atoms with Crippen molar-refractivity contribution in [2.45, 2.75) is 52.9 Å². The molecule has 1 aromatic heterocycles. The van der Waals surface area contributed by atoms with Crippen LogP contribution in [0.15, 0.2) is 6.20 Å². The van der Waals surface area contributed by atoms with Crippen molar-refractivity contribution in [1.29, 1.82) is 0 Å². The number of Topliss-reactive ketones (excluding diaryl/α,β-unsaturated/α-hetero) is 1. The molecule has 96 valence electrons. The fourth-order valence-corrected chi connectivity index (χ4v) is 2.92. The van der Waals surface area contributed by atoms with Gasteiger partial charge in [-0.2, -0.15) is 0 Å². The van der Waals surface area contributed by atoms with E-state index in [1.54, 1.807) is 6.20 Å².